The van der Waals surface area contributed by atoms with Crippen LogP contribution >= 0.6 is 0 Å². The van der Waals surface area contributed by atoms with Crippen molar-refractivity contribution in [3.8, 4) is 0 Å². The Bertz CT molecular complexity index is 911. The maximum Gasteiger partial charge on any atom is 0.309 e. The van der Waals surface area contributed by atoms with Gasteiger partial charge in [0.2, 0.25) is 0 Å². The van der Waals surface area contributed by atoms with Gasteiger partial charge in [-0.2, -0.15) is 0 Å². The molecular formula is C32H52O2. The Morgan fingerprint density at radius 2 is 1.24 bits per heavy atom. The van der Waals surface area contributed by atoms with E-state index in [9.17, 15) is 9.90 Å². The quantitative estimate of drug-likeness (QED) is 0.417. The highest BCUT2D eigenvalue weighted by atomic mass is 16.4. The lowest BCUT2D eigenvalue weighted by molar-refractivity contribution is -0.261. The van der Waals surface area contributed by atoms with Crippen molar-refractivity contribution >= 4 is 5.97 Å². The molecule has 0 heterocycles. The first-order chi connectivity index (χ1) is 15.7. The Morgan fingerprint density at radius 3 is 1.94 bits per heavy atom. The van der Waals surface area contributed by atoms with E-state index in [1.807, 2.05) is 0 Å². The van der Waals surface area contributed by atoms with Gasteiger partial charge in [0.05, 0.1) is 5.41 Å². The first-order valence-electron chi connectivity index (χ1n) is 14.9. The van der Waals surface area contributed by atoms with E-state index in [0.29, 0.717) is 33.0 Å². The van der Waals surface area contributed by atoms with E-state index < -0.39 is 11.4 Å². The van der Waals surface area contributed by atoms with Crippen LogP contribution in [0.4, 0.5) is 0 Å². The molecule has 0 aromatic heterocycles. The van der Waals surface area contributed by atoms with Gasteiger partial charge in [0.25, 0.3) is 0 Å². The minimum Gasteiger partial charge on any atom is -0.481 e. The van der Waals surface area contributed by atoms with Crippen LogP contribution in [0.5, 0.6) is 0 Å². The highest BCUT2D eigenvalue weighted by molar-refractivity contribution is 5.74. The summed E-state index contributed by atoms with van der Waals surface area (Å²) in [5, 5.41) is 10.2. The zero-order chi connectivity index (χ0) is 24.6. The molecule has 0 aromatic rings. The molecule has 6 aliphatic carbocycles. The Morgan fingerprint density at radius 1 is 0.647 bits per heavy atom. The Labute approximate surface area is 209 Å². The average molecular weight is 469 g/mol. The summed E-state index contributed by atoms with van der Waals surface area (Å²) in [7, 11) is 0. The third-order valence-electron chi connectivity index (χ3n) is 15.8. The predicted octanol–water partition coefficient (Wildman–Crippen LogP) is 8.73. The Kier molecular flexibility index (Phi) is 4.67. The average Bonchev–Trinajstić information content (AvgIpc) is 2.92. The van der Waals surface area contributed by atoms with E-state index in [-0.39, 0.29) is 5.41 Å². The number of rotatable bonds is 1. The summed E-state index contributed by atoms with van der Waals surface area (Å²) in [6, 6.07) is 0. The molecule has 6 aliphatic rings. The smallest absolute Gasteiger partial charge is 0.309 e. The fraction of sp³-hybridized carbons (Fsp3) is 0.969. The molecule has 34 heavy (non-hydrogen) atoms. The lowest BCUT2D eigenvalue weighted by atomic mass is 9.30. The van der Waals surface area contributed by atoms with Gasteiger partial charge in [-0.15, -0.1) is 0 Å². The monoisotopic (exact) mass is 468 g/mol. The third-order valence-corrected chi connectivity index (χ3v) is 15.8. The van der Waals surface area contributed by atoms with Crippen LogP contribution in [0, 0.1) is 61.6 Å². The van der Waals surface area contributed by atoms with Crippen molar-refractivity contribution in [3.63, 3.8) is 0 Å². The van der Waals surface area contributed by atoms with E-state index >= 15 is 0 Å². The zero-order valence-corrected chi connectivity index (χ0v) is 23.4. The number of hydrogen-bond donors (Lipinski definition) is 1. The summed E-state index contributed by atoms with van der Waals surface area (Å²) in [5.74, 6) is 2.62. The number of carboxylic acid groups (broad SMARTS) is 1. The molecule has 0 radical (unpaired) electrons. The van der Waals surface area contributed by atoms with Gasteiger partial charge in [0.1, 0.15) is 0 Å². The zero-order valence-electron chi connectivity index (χ0n) is 23.4. The predicted molar refractivity (Wildman–Crippen MR) is 138 cm³/mol. The number of carboxylic acids is 1. The number of fused-ring (bicyclic) bond motifs is 7. The van der Waals surface area contributed by atoms with Crippen molar-refractivity contribution in [1.29, 1.82) is 0 Å². The molecule has 0 aliphatic heterocycles. The summed E-state index contributed by atoms with van der Waals surface area (Å²) in [6.45, 7) is 17.9. The van der Waals surface area contributed by atoms with Crippen LogP contribution in [0.25, 0.3) is 0 Å². The van der Waals surface area contributed by atoms with Crippen LogP contribution in [-0.4, -0.2) is 11.1 Å². The van der Waals surface area contributed by atoms with Gasteiger partial charge in [-0.1, -0.05) is 41.5 Å². The van der Waals surface area contributed by atoms with E-state index in [0.717, 1.165) is 37.0 Å². The molecule has 2 heteroatoms. The SMILES string of the molecule is C[C@H]1[C@]2(C)CC[C@H]3[C@]4(C)CC[C@@]5(C)[C@@H]6C[C@](C)(C(=O)O)CC[C@]6(C)CC[C@]5(C)[C@H]4CC[C@]13CC2. The Balaban J connectivity index is 1.39. The van der Waals surface area contributed by atoms with Crippen molar-refractivity contribution in [1.82, 2.24) is 0 Å². The van der Waals surface area contributed by atoms with Gasteiger partial charge in [-0.3, -0.25) is 4.79 Å². The maximum atomic E-state index is 12.4. The van der Waals surface area contributed by atoms with Crippen LogP contribution in [0.2, 0.25) is 0 Å². The van der Waals surface area contributed by atoms with Crippen LogP contribution < -0.4 is 0 Å². The molecule has 192 valence electrons. The van der Waals surface area contributed by atoms with E-state index in [1.165, 1.54) is 64.2 Å². The second kappa shape index (κ2) is 6.66. The van der Waals surface area contributed by atoms with Gasteiger partial charge < -0.3 is 5.11 Å². The van der Waals surface area contributed by atoms with Crippen molar-refractivity contribution in [2.45, 2.75) is 132 Å². The minimum atomic E-state index is -0.550. The fourth-order valence-electron chi connectivity index (χ4n) is 12.9. The fourth-order valence-corrected chi connectivity index (χ4v) is 12.9. The van der Waals surface area contributed by atoms with Gasteiger partial charge in [0.15, 0.2) is 0 Å². The van der Waals surface area contributed by atoms with Crippen molar-refractivity contribution in [2.24, 2.45) is 61.6 Å². The number of aliphatic carboxylic acids is 1. The second-order valence-corrected chi connectivity index (χ2v) is 16.4. The molecule has 1 N–H and O–H groups in total. The first kappa shape index (κ1) is 23.8. The third kappa shape index (κ3) is 2.53. The van der Waals surface area contributed by atoms with Gasteiger partial charge >= 0.3 is 5.97 Å². The molecule has 2 bridgehead atoms. The Hall–Kier alpha value is -0.530. The van der Waals surface area contributed by atoms with Crippen LogP contribution in [0.1, 0.15) is 132 Å². The molecular weight excluding hydrogens is 416 g/mol. The molecule has 0 saturated heterocycles. The summed E-state index contributed by atoms with van der Waals surface area (Å²) in [5.41, 5.74) is 2.11. The second-order valence-electron chi connectivity index (χ2n) is 16.4. The van der Waals surface area contributed by atoms with Gasteiger partial charge in [0, 0.05) is 0 Å². The van der Waals surface area contributed by atoms with Gasteiger partial charge in [-0.05, 0) is 147 Å². The summed E-state index contributed by atoms with van der Waals surface area (Å²) in [4.78, 5) is 12.4. The molecule has 6 rings (SSSR count). The van der Waals surface area contributed by atoms with Crippen LogP contribution in [0.15, 0.2) is 0 Å². The van der Waals surface area contributed by atoms with E-state index in [4.69, 9.17) is 0 Å². The molecule has 0 unspecified atom stereocenters. The lowest BCUT2D eigenvalue weighted by Crippen LogP contribution is -2.67. The minimum absolute atomic E-state index is 0.274. The number of carbonyl (C=O) groups is 1. The normalized spacial score (nSPS) is 62.7. The topological polar surface area (TPSA) is 37.3 Å². The summed E-state index contributed by atoms with van der Waals surface area (Å²) < 4.78 is 0. The number of hydrogen-bond acceptors (Lipinski definition) is 1. The molecule has 11 atom stereocenters. The lowest BCUT2D eigenvalue weighted by Gasteiger charge is -2.75. The van der Waals surface area contributed by atoms with Crippen LogP contribution in [0.3, 0.4) is 0 Å². The highest BCUT2D eigenvalue weighted by Crippen LogP contribution is 2.81. The first-order valence-corrected chi connectivity index (χ1v) is 14.9. The van der Waals surface area contributed by atoms with E-state index in [1.54, 1.807) is 0 Å². The largest absolute Gasteiger partial charge is 0.481 e. The highest BCUT2D eigenvalue weighted by Gasteiger charge is 2.73. The molecule has 0 aromatic carbocycles. The van der Waals surface area contributed by atoms with Crippen LogP contribution in [-0.2, 0) is 4.79 Å². The summed E-state index contributed by atoms with van der Waals surface area (Å²) >= 11 is 0. The molecule has 6 saturated carbocycles. The van der Waals surface area contributed by atoms with E-state index in [2.05, 4.69) is 48.5 Å². The molecule has 1 spiro atoms. The standard InChI is InChI=1S/C32H52O2/c1-21-26(2)10-8-23-29(5)16-18-31(7)24-20-28(4,25(33)34)13-12-27(24,3)14-17-30(31,6)22(29)9-11-32(21,23)19-15-26/h21-24H,8-20H2,1-7H3,(H,33,34)/t21-,22-,23-,24+,26+,27+,28+,29+,30+,31-,32-/m0/s1. The molecule has 2 nitrogen and oxygen atoms in total. The van der Waals surface area contributed by atoms with Gasteiger partial charge in [-0.25, -0.2) is 0 Å². The van der Waals surface area contributed by atoms with Crippen molar-refractivity contribution in [2.75, 3.05) is 0 Å². The van der Waals surface area contributed by atoms with Crippen molar-refractivity contribution in [3.05, 3.63) is 0 Å². The van der Waals surface area contributed by atoms with Crippen molar-refractivity contribution < 1.29 is 9.90 Å². The molecule has 0 amide bonds. The maximum absolute atomic E-state index is 12.4. The molecule has 6 fully saturated rings. The summed E-state index contributed by atoms with van der Waals surface area (Å²) in [6.07, 6.45) is 17.0.